The first kappa shape index (κ1) is 14.9. The Balaban J connectivity index is 1.53. The lowest BCUT2D eigenvalue weighted by Gasteiger charge is -2.13. The second-order valence-electron chi connectivity index (χ2n) is 5.68. The number of carbonyl (C=O) groups excluding carboxylic acids is 1. The maximum Gasteiger partial charge on any atom is 0.308 e. The molecule has 1 unspecified atom stereocenters. The first-order chi connectivity index (χ1) is 11.6. The van der Waals surface area contributed by atoms with Gasteiger partial charge >= 0.3 is 5.97 Å². The first-order valence-electron chi connectivity index (χ1n) is 7.49. The van der Waals surface area contributed by atoms with Gasteiger partial charge < -0.3 is 19.5 Å². The maximum atomic E-state index is 12.5. The van der Waals surface area contributed by atoms with Crippen LogP contribution in [-0.2, 0) is 4.79 Å². The Hall–Kier alpha value is -2.61. The lowest BCUT2D eigenvalue weighted by molar-refractivity contribution is -0.141. The number of nitrogens with zero attached hydrogens (tertiary/aromatic N) is 2. The number of hydrogen-bond donors (Lipinski definition) is 1. The second kappa shape index (κ2) is 5.79. The Bertz CT molecular complexity index is 819. The van der Waals surface area contributed by atoms with Crippen LogP contribution in [0.5, 0.6) is 11.5 Å². The van der Waals surface area contributed by atoms with Gasteiger partial charge in [0.15, 0.2) is 11.5 Å². The standard InChI is InChI=1S/C16H14N2O5S/c19-15(18-4-3-10(6-18)16(20)21)11-7-24-14(17-11)9-1-2-12-13(5-9)23-8-22-12/h1-2,5,7,10H,3-4,6,8H2,(H,20,21). The summed E-state index contributed by atoms with van der Waals surface area (Å²) >= 11 is 1.37. The van der Waals surface area contributed by atoms with Crippen LogP contribution in [0.25, 0.3) is 10.6 Å². The summed E-state index contributed by atoms with van der Waals surface area (Å²) < 4.78 is 10.6. The van der Waals surface area contributed by atoms with Gasteiger partial charge in [0, 0.05) is 24.0 Å². The number of ether oxygens (including phenoxy) is 2. The van der Waals surface area contributed by atoms with Crippen LogP contribution in [0.4, 0.5) is 0 Å². The Morgan fingerprint density at radius 3 is 2.92 bits per heavy atom. The van der Waals surface area contributed by atoms with Crippen molar-refractivity contribution < 1.29 is 24.2 Å². The molecule has 1 N–H and O–H groups in total. The summed E-state index contributed by atoms with van der Waals surface area (Å²) in [5.74, 6) is -0.199. The molecule has 1 saturated heterocycles. The average molecular weight is 346 g/mol. The van der Waals surface area contributed by atoms with E-state index in [1.54, 1.807) is 10.3 Å². The van der Waals surface area contributed by atoms with E-state index in [0.717, 1.165) is 5.56 Å². The molecular weight excluding hydrogens is 332 g/mol. The number of carbonyl (C=O) groups is 2. The van der Waals surface area contributed by atoms with Crippen LogP contribution in [0, 0.1) is 5.92 Å². The number of thiazole rings is 1. The molecule has 0 saturated carbocycles. The predicted octanol–water partition coefficient (Wildman–Crippen LogP) is 2.09. The smallest absolute Gasteiger partial charge is 0.308 e. The first-order valence-corrected chi connectivity index (χ1v) is 8.37. The Labute approximate surface area is 141 Å². The topological polar surface area (TPSA) is 89.0 Å². The molecule has 0 spiro atoms. The van der Waals surface area contributed by atoms with Gasteiger partial charge in [0.25, 0.3) is 5.91 Å². The third-order valence-corrected chi connectivity index (χ3v) is 5.06. The largest absolute Gasteiger partial charge is 0.481 e. The third-order valence-electron chi connectivity index (χ3n) is 4.17. The molecular formula is C16H14N2O5S. The predicted molar refractivity (Wildman–Crippen MR) is 85.3 cm³/mol. The number of amides is 1. The molecule has 1 amide bonds. The van der Waals surface area contributed by atoms with Crippen molar-refractivity contribution in [1.82, 2.24) is 9.88 Å². The monoisotopic (exact) mass is 346 g/mol. The van der Waals surface area contributed by atoms with Crippen molar-refractivity contribution in [3.63, 3.8) is 0 Å². The fraction of sp³-hybridized carbons (Fsp3) is 0.312. The van der Waals surface area contributed by atoms with Crippen LogP contribution >= 0.6 is 11.3 Å². The maximum absolute atomic E-state index is 12.5. The molecule has 0 radical (unpaired) electrons. The molecule has 2 aliphatic heterocycles. The summed E-state index contributed by atoms with van der Waals surface area (Å²) in [6, 6.07) is 5.53. The highest BCUT2D eigenvalue weighted by Crippen LogP contribution is 2.36. The number of aromatic nitrogens is 1. The van der Waals surface area contributed by atoms with Crippen molar-refractivity contribution in [3.05, 3.63) is 29.3 Å². The Morgan fingerprint density at radius 1 is 1.29 bits per heavy atom. The van der Waals surface area contributed by atoms with Crippen LogP contribution in [0.2, 0.25) is 0 Å². The molecule has 1 aromatic heterocycles. The number of likely N-dealkylation sites (tertiary alicyclic amines) is 1. The van der Waals surface area contributed by atoms with Crippen LogP contribution in [0.3, 0.4) is 0 Å². The van der Waals surface area contributed by atoms with Gasteiger partial charge in [0.05, 0.1) is 5.92 Å². The normalized spacial score (nSPS) is 18.8. The van der Waals surface area contributed by atoms with E-state index < -0.39 is 11.9 Å². The minimum Gasteiger partial charge on any atom is -0.481 e. The average Bonchev–Trinajstić information content (AvgIpc) is 3.31. The minimum absolute atomic E-state index is 0.208. The van der Waals surface area contributed by atoms with E-state index in [4.69, 9.17) is 14.6 Å². The van der Waals surface area contributed by atoms with Crippen LogP contribution in [-0.4, -0.2) is 46.7 Å². The summed E-state index contributed by atoms with van der Waals surface area (Å²) in [6.07, 6.45) is 0.486. The molecule has 0 aliphatic carbocycles. The molecule has 124 valence electrons. The van der Waals surface area contributed by atoms with E-state index in [9.17, 15) is 9.59 Å². The summed E-state index contributed by atoms with van der Waals surface area (Å²) in [5, 5.41) is 11.5. The van der Waals surface area contributed by atoms with Gasteiger partial charge in [-0.3, -0.25) is 9.59 Å². The van der Waals surface area contributed by atoms with Gasteiger partial charge in [-0.1, -0.05) is 0 Å². The number of carboxylic acids is 1. The summed E-state index contributed by atoms with van der Waals surface area (Å²) in [7, 11) is 0. The van der Waals surface area contributed by atoms with Crippen molar-refractivity contribution in [2.24, 2.45) is 5.92 Å². The van der Waals surface area contributed by atoms with Gasteiger partial charge in [0.1, 0.15) is 10.7 Å². The SMILES string of the molecule is O=C(O)C1CCN(C(=O)c2csc(-c3ccc4c(c3)OCO4)n2)C1. The van der Waals surface area contributed by atoms with Crippen molar-refractivity contribution in [3.8, 4) is 22.1 Å². The summed E-state index contributed by atoms with van der Waals surface area (Å²) in [5.41, 5.74) is 1.20. The highest BCUT2D eigenvalue weighted by atomic mass is 32.1. The quantitative estimate of drug-likeness (QED) is 0.915. The van der Waals surface area contributed by atoms with Gasteiger partial charge in [-0.05, 0) is 24.6 Å². The van der Waals surface area contributed by atoms with E-state index in [1.807, 2.05) is 18.2 Å². The van der Waals surface area contributed by atoms with Gasteiger partial charge in [-0.25, -0.2) is 4.98 Å². The zero-order valence-electron chi connectivity index (χ0n) is 12.6. The summed E-state index contributed by atoms with van der Waals surface area (Å²) in [6.45, 7) is 0.901. The van der Waals surface area contributed by atoms with Crippen molar-refractivity contribution >= 4 is 23.2 Å². The lowest BCUT2D eigenvalue weighted by atomic mass is 10.1. The highest BCUT2D eigenvalue weighted by molar-refractivity contribution is 7.13. The molecule has 2 aliphatic rings. The van der Waals surface area contributed by atoms with Gasteiger partial charge in [0.2, 0.25) is 6.79 Å². The van der Waals surface area contributed by atoms with E-state index in [-0.39, 0.29) is 19.2 Å². The molecule has 1 fully saturated rings. The minimum atomic E-state index is -0.857. The lowest BCUT2D eigenvalue weighted by Crippen LogP contribution is -2.30. The second-order valence-corrected chi connectivity index (χ2v) is 6.54. The van der Waals surface area contributed by atoms with Crippen LogP contribution in [0.1, 0.15) is 16.9 Å². The van der Waals surface area contributed by atoms with E-state index in [2.05, 4.69) is 4.98 Å². The van der Waals surface area contributed by atoms with Gasteiger partial charge in [-0.15, -0.1) is 11.3 Å². The Morgan fingerprint density at radius 2 is 2.12 bits per heavy atom. The fourth-order valence-electron chi connectivity index (χ4n) is 2.84. The number of rotatable bonds is 3. The molecule has 2 aromatic rings. The Kier molecular flexibility index (Phi) is 3.61. The van der Waals surface area contributed by atoms with Crippen LogP contribution < -0.4 is 9.47 Å². The van der Waals surface area contributed by atoms with Crippen molar-refractivity contribution in [2.45, 2.75) is 6.42 Å². The molecule has 4 rings (SSSR count). The molecule has 0 bridgehead atoms. The number of benzene rings is 1. The molecule has 8 heteroatoms. The summed E-state index contributed by atoms with van der Waals surface area (Å²) in [4.78, 5) is 29.5. The van der Waals surface area contributed by atoms with Crippen molar-refractivity contribution in [2.75, 3.05) is 19.9 Å². The van der Waals surface area contributed by atoms with E-state index in [0.29, 0.717) is 35.2 Å². The van der Waals surface area contributed by atoms with Crippen molar-refractivity contribution in [1.29, 1.82) is 0 Å². The van der Waals surface area contributed by atoms with E-state index in [1.165, 1.54) is 11.3 Å². The number of aliphatic carboxylic acids is 1. The molecule has 3 heterocycles. The highest BCUT2D eigenvalue weighted by Gasteiger charge is 2.32. The van der Waals surface area contributed by atoms with Gasteiger partial charge in [-0.2, -0.15) is 0 Å². The molecule has 1 atom stereocenters. The zero-order chi connectivity index (χ0) is 16.7. The molecule has 24 heavy (non-hydrogen) atoms. The molecule has 1 aromatic carbocycles. The molecule has 7 nitrogen and oxygen atoms in total. The number of fused-ring (bicyclic) bond motifs is 1. The van der Waals surface area contributed by atoms with E-state index >= 15 is 0 Å². The number of carboxylic acid groups (broad SMARTS) is 1. The number of hydrogen-bond acceptors (Lipinski definition) is 6. The third kappa shape index (κ3) is 2.58. The zero-order valence-corrected chi connectivity index (χ0v) is 13.4. The fourth-order valence-corrected chi connectivity index (χ4v) is 3.63. The van der Waals surface area contributed by atoms with Crippen LogP contribution in [0.15, 0.2) is 23.6 Å².